The Morgan fingerprint density at radius 2 is 2.21 bits per heavy atom. The summed E-state index contributed by atoms with van der Waals surface area (Å²) in [6.45, 7) is 2.46. The summed E-state index contributed by atoms with van der Waals surface area (Å²) in [4.78, 5) is 5.82. The Morgan fingerprint density at radius 1 is 1.26 bits per heavy atom. The van der Waals surface area contributed by atoms with Crippen LogP contribution in [0, 0.1) is 0 Å². The second-order valence-corrected chi connectivity index (χ2v) is 5.49. The van der Waals surface area contributed by atoms with Gasteiger partial charge in [0.2, 0.25) is 0 Å². The van der Waals surface area contributed by atoms with Crippen LogP contribution in [0.15, 0.2) is 30.5 Å². The maximum Gasteiger partial charge on any atom is 0.0457 e. The number of piperidine rings is 1. The minimum Gasteiger partial charge on any atom is -0.396 e. The first-order chi connectivity index (χ1) is 9.38. The molecule has 1 aliphatic heterocycles. The number of nitrogens with zero attached hydrogens (tertiary/aromatic N) is 1. The first-order valence-electron chi connectivity index (χ1n) is 7.28. The van der Waals surface area contributed by atoms with Crippen molar-refractivity contribution in [3.8, 4) is 0 Å². The summed E-state index contributed by atoms with van der Waals surface area (Å²) in [5.41, 5.74) is 2.61. The van der Waals surface area contributed by atoms with Gasteiger partial charge in [-0.15, -0.1) is 0 Å². The third-order valence-corrected chi connectivity index (χ3v) is 4.27. The molecular formula is C16H22N2O. The Hall–Kier alpha value is -1.32. The molecule has 3 nitrogen and oxygen atoms in total. The third-order valence-electron chi connectivity index (χ3n) is 4.27. The van der Waals surface area contributed by atoms with Crippen LogP contribution in [0.25, 0.3) is 10.9 Å². The van der Waals surface area contributed by atoms with Crippen LogP contribution < -0.4 is 0 Å². The van der Waals surface area contributed by atoms with Gasteiger partial charge in [-0.3, -0.25) is 4.90 Å². The lowest BCUT2D eigenvalue weighted by atomic mass is 9.98. The van der Waals surface area contributed by atoms with E-state index in [1.54, 1.807) is 0 Å². The number of benzene rings is 1. The highest BCUT2D eigenvalue weighted by molar-refractivity contribution is 5.82. The molecule has 1 unspecified atom stereocenters. The number of aliphatic hydroxyl groups excluding tert-OH is 1. The van der Waals surface area contributed by atoms with Crippen molar-refractivity contribution in [1.29, 1.82) is 0 Å². The number of fused-ring (bicyclic) bond motifs is 1. The Balaban J connectivity index is 1.80. The predicted molar refractivity (Wildman–Crippen MR) is 78.1 cm³/mol. The number of hydrogen-bond acceptors (Lipinski definition) is 2. The highest BCUT2D eigenvalue weighted by atomic mass is 16.3. The molecule has 0 bridgehead atoms. The highest BCUT2D eigenvalue weighted by Gasteiger charge is 2.22. The summed E-state index contributed by atoms with van der Waals surface area (Å²) in [6, 6.07) is 9.18. The van der Waals surface area contributed by atoms with E-state index in [1.807, 2.05) is 6.20 Å². The molecule has 3 heteroatoms. The lowest BCUT2D eigenvalue weighted by Crippen LogP contribution is -2.39. The van der Waals surface area contributed by atoms with Crippen molar-refractivity contribution in [1.82, 2.24) is 9.88 Å². The largest absolute Gasteiger partial charge is 0.396 e. The van der Waals surface area contributed by atoms with E-state index in [2.05, 4.69) is 34.1 Å². The second kappa shape index (κ2) is 5.76. The summed E-state index contributed by atoms with van der Waals surface area (Å²) >= 11 is 0. The number of aliphatic hydroxyl groups is 1. The predicted octanol–water partition coefficient (Wildman–Crippen LogP) is 2.90. The van der Waals surface area contributed by atoms with Crippen LogP contribution in [-0.2, 0) is 6.54 Å². The Morgan fingerprint density at radius 3 is 3.11 bits per heavy atom. The molecule has 1 aliphatic rings. The van der Waals surface area contributed by atoms with E-state index in [0.29, 0.717) is 12.6 Å². The fourth-order valence-electron chi connectivity index (χ4n) is 3.25. The van der Waals surface area contributed by atoms with Gasteiger partial charge in [-0.1, -0.05) is 18.6 Å². The minimum absolute atomic E-state index is 0.301. The van der Waals surface area contributed by atoms with Crippen molar-refractivity contribution in [3.63, 3.8) is 0 Å². The van der Waals surface area contributed by atoms with Crippen LogP contribution in [0.5, 0.6) is 0 Å². The average molecular weight is 258 g/mol. The van der Waals surface area contributed by atoms with Crippen molar-refractivity contribution < 1.29 is 5.11 Å². The van der Waals surface area contributed by atoms with Gasteiger partial charge in [0.05, 0.1) is 0 Å². The quantitative estimate of drug-likeness (QED) is 0.885. The lowest BCUT2D eigenvalue weighted by Gasteiger charge is -2.35. The highest BCUT2D eigenvalue weighted by Crippen LogP contribution is 2.25. The van der Waals surface area contributed by atoms with E-state index in [0.717, 1.165) is 19.5 Å². The van der Waals surface area contributed by atoms with Crippen LogP contribution in [0.1, 0.15) is 31.2 Å². The summed E-state index contributed by atoms with van der Waals surface area (Å²) in [6.07, 6.45) is 6.73. The molecule has 0 aliphatic carbocycles. The Bertz CT molecular complexity index is 532. The second-order valence-electron chi connectivity index (χ2n) is 5.49. The molecule has 2 heterocycles. The summed E-state index contributed by atoms with van der Waals surface area (Å²) in [5, 5.41) is 10.5. The SMILES string of the molecule is OCCC1CCCCN1Cc1cccc2[nH]ccc12. The van der Waals surface area contributed by atoms with Gasteiger partial charge in [0.15, 0.2) is 0 Å². The van der Waals surface area contributed by atoms with E-state index in [1.165, 1.54) is 35.7 Å². The smallest absolute Gasteiger partial charge is 0.0457 e. The molecular weight excluding hydrogens is 236 g/mol. The molecule has 1 atom stereocenters. The number of aromatic nitrogens is 1. The van der Waals surface area contributed by atoms with Gasteiger partial charge in [0.25, 0.3) is 0 Å². The molecule has 1 fully saturated rings. The number of nitrogens with one attached hydrogen (secondary N) is 1. The first kappa shape index (κ1) is 12.7. The molecule has 0 radical (unpaired) electrons. The molecule has 0 spiro atoms. The van der Waals surface area contributed by atoms with Crippen LogP contribution in [0.4, 0.5) is 0 Å². The molecule has 1 aromatic carbocycles. The van der Waals surface area contributed by atoms with Gasteiger partial charge in [-0.05, 0) is 43.5 Å². The van der Waals surface area contributed by atoms with Crippen molar-refractivity contribution in [2.24, 2.45) is 0 Å². The van der Waals surface area contributed by atoms with Crippen LogP contribution in [-0.4, -0.2) is 34.2 Å². The standard InChI is InChI=1S/C16H22N2O/c19-11-8-14-5-1-2-10-18(14)12-13-4-3-6-16-15(13)7-9-17-16/h3-4,6-7,9,14,17,19H,1-2,5,8,10-12H2. The normalized spacial score (nSPS) is 21.0. The zero-order chi connectivity index (χ0) is 13.1. The first-order valence-corrected chi connectivity index (χ1v) is 7.28. The van der Waals surface area contributed by atoms with Crippen molar-refractivity contribution >= 4 is 10.9 Å². The number of H-pyrrole nitrogens is 1. The fraction of sp³-hybridized carbons (Fsp3) is 0.500. The van der Waals surface area contributed by atoms with E-state index < -0.39 is 0 Å². The van der Waals surface area contributed by atoms with E-state index in [-0.39, 0.29) is 0 Å². The Kier molecular flexibility index (Phi) is 3.85. The molecule has 2 aromatic rings. The molecule has 0 saturated carbocycles. The van der Waals surface area contributed by atoms with Gasteiger partial charge in [-0.25, -0.2) is 0 Å². The van der Waals surface area contributed by atoms with Crippen LogP contribution in [0.3, 0.4) is 0 Å². The summed E-state index contributed by atoms with van der Waals surface area (Å²) < 4.78 is 0. The summed E-state index contributed by atoms with van der Waals surface area (Å²) in [5.74, 6) is 0. The molecule has 0 amide bonds. The minimum atomic E-state index is 0.301. The van der Waals surface area contributed by atoms with Gasteiger partial charge in [0, 0.05) is 36.3 Å². The van der Waals surface area contributed by atoms with Crippen LogP contribution in [0.2, 0.25) is 0 Å². The van der Waals surface area contributed by atoms with Crippen LogP contribution >= 0.6 is 0 Å². The molecule has 1 saturated heterocycles. The average Bonchev–Trinajstić information content (AvgIpc) is 2.91. The van der Waals surface area contributed by atoms with Crippen molar-refractivity contribution in [2.45, 2.75) is 38.3 Å². The maximum absolute atomic E-state index is 9.21. The lowest BCUT2D eigenvalue weighted by molar-refractivity contribution is 0.113. The van der Waals surface area contributed by atoms with Crippen molar-refractivity contribution in [2.75, 3.05) is 13.2 Å². The fourth-order valence-corrected chi connectivity index (χ4v) is 3.25. The number of rotatable bonds is 4. The third kappa shape index (κ3) is 2.67. The maximum atomic E-state index is 9.21. The monoisotopic (exact) mass is 258 g/mol. The number of hydrogen-bond donors (Lipinski definition) is 2. The van der Waals surface area contributed by atoms with Crippen molar-refractivity contribution in [3.05, 3.63) is 36.0 Å². The molecule has 2 N–H and O–H groups in total. The summed E-state index contributed by atoms with van der Waals surface area (Å²) in [7, 11) is 0. The zero-order valence-electron chi connectivity index (χ0n) is 11.3. The van der Waals surface area contributed by atoms with Gasteiger partial charge < -0.3 is 10.1 Å². The van der Waals surface area contributed by atoms with E-state index in [9.17, 15) is 5.11 Å². The molecule has 102 valence electrons. The van der Waals surface area contributed by atoms with E-state index in [4.69, 9.17) is 0 Å². The molecule has 3 rings (SSSR count). The Labute approximate surface area is 114 Å². The van der Waals surface area contributed by atoms with Gasteiger partial charge in [0.1, 0.15) is 0 Å². The van der Waals surface area contributed by atoms with E-state index >= 15 is 0 Å². The molecule has 19 heavy (non-hydrogen) atoms. The van der Waals surface area contributed by atoms with Gasteiger partial charge >= 0.3 is 0 Å². The van der Waals surface area contributed by atoms with Gasteiger partial charge in [-0.2, -0.15) is 0 Å². The number of likely N-dealkylation sites (tertiary alicyclic amines) is 1. The zero-order valence-corrected chi connectivity index (χ0v) is 11.3. The topological polar surface area (TPSA) is 39.3 Å². The number of aromatic amines is 1. The molecule has 1 aromatic heterocycles.